The van der Waals surface area contributed by atoms with E-state index in [1.54, 1.807) is 6.20 Å². The second kappa shape index (κ2) is 11.3. The highest BCUT2D eigenvalue weighted by Crippen LogP contribution is 2.34. The number of aromatic nitrogens is 2. The Morgan fingerprint density at radius 3 is 2.80 bits per heavy atom. The Bertz CT molecular complexity index is 1170. The summed E-state index contributed by atoms with van der Waals surface area (Å²) in [6.45, 7) is 3.22. The first kappa shape index (κ1) is 24.7. The Kier molecular flexibility index (Phi) is 7.99. The number of nitrogens with zero attached hydrogens (tertiary/aromatic N) is 2. The molecule has 0 saturated carbocycles. The van der Waals surface area contributed by atoms with E-state index in [1.165, 1.54) is 12.7 Å². The number of fused-ring (bicyclic) bond motifs is 1. The van der Waals surface area contributed by atoms with Crippen LogP contribution in [0.5, 0.6) is 0 Å². The van der Waals surface area contributed by atoms with Gasteiger partial charge in [-0.3, -0.25) is 4.79 Å². The third-order valence-corrected chi connectivity index (χ3v) is 6.20. The van der Waals surface area contributed by atoms with E-state index < -0.39 is 5.97 Å². The number of hydrogen-bond acceptors (Lipinski definition) is 7. The molecule has 3 N–H and O–H groups in total. The maximum Gasteiger partial charge on any atom is 0.356 e. The van der Waals surface area contributed by atoms with Crippen molar-refractivity contribution in [1.82, 2.24) is 9.55 Å². The van der Waals surface area contributed by atoms with Gasteiger partial charge in [0.2, 0.25) is 5.91 Å². The van der Waals surface area contributed by atoms with E-state index in [0.29, 0.717) is 48.6 Å². The Labute approximate surface area is 204 Å². The number of methoxy groups -OCH3 is 1. The Morgan fingerprint density at radius 1 is 1.31 bits per heavy atom. The van der Waals surface area contributed by atoms with Crippen LogP contribution < -0.4 is 10.6 Å². The minimum Gasteiger partial charge on any atom is -0.464 e. The van der Waals surface area contributed by atoms with Crippen LogP contribution in [0.3, 0.4) is 0 Å². The smallest absolute Gasteiger partial charge is 0.356 e. The van der Waals surface area contributed by atoms with Crippen molar-refractivity contribution >= 4 is 34.3 Å². The van der Waals surface area contributed by atoms with Crippen molar-refractivity contribution in [3.63, 3.8) is 0 Å². The average molecular weight is 481 g/mol. The van der Waals surface area contributed by atoms with Gasteiger partial charge >= 0.3 is 5.97 Å². The van der Waals surface area contributed by atoms with Gasteiger partial charge in [0.1, 0.15) is 5.65 Å². The van der Waals surface area contributed by atoms with Crippen molar-refractivity contribution in [3.8, 4) is 0 Å². The molecule has 3 heterocycles. The third kappa shape index (κ3) is 5.63. The van der Waals surface area contributed by atoms with Crippen LogP contribution in [0.15, 0.2) is 42.6 Å². The zero-order valence-electron chi connectivity index (χ0n) is 20.1. The van der Waals surface area contributed by atoms with Gasteiger partial charge < -0.3 is 29.8 Å². The highest BCUT2D eigenvalue weighted by Gasteiger charge is 2.29. The molecule has 186 valence electrons. The number of anilines is 2. The van der Waals surface area contributed by atoms with Gasteiger partial charge in [0.25, 0.3) is 0 Å². The summed E-state index contributed by atoms with van der Waals surface area (Å²) in [5, 5.41) is 16.2. The molecular formula is C26H32N4O5. The summed E-state index contributed by atoms with van der Waals surface area (Å²) in [4.78, 5) is 30.6. The summed E-state index contributed by atoms with van der Waals surface area (Å²) in [7, 11) is 1.33. The van der Waals surface area contributed by atoms with Crippen molar-refractivity contribution in [2.75, 3.05) is 37.6 Å². The lowest BCUT2D eigenvalue weighted by Gasteiger charge is -2.13. The predicted molar refractivity (Wildman–Crippen MR) is 134 cm³/mol. The fourth-order valence-electron chi connectivity index (χ4n) is 4.34. The number of aliphatic hydroxyl groups excluding tert-OH is 1. The summed E-state index contributed by atoms with van der Waals surface area (Å²) in [6.07, 6.45) is 3.90. The number of esters is 1. The van der Waals surface area contributed by atoms with Crippen LogP contribution in [0.1, 0.15) is 35.8 Å². The van der Waals surface area contributed by atoms with Gasteiger partial charge in [0, 0.05) is 24.6 Å². The van der Waals surface area contributed by atoms with Gasteiger partial charge in [-0.2, -0.15) is 0 Å². The number of carbonyl (C=O) groups excluding carboxylic acids is 2. The summed E-state index contributed by atoms with van der Waals surface area (Å²) in [5.41, 5.74) is 3.12. The number of benzene rings is 1. The van der Waals surface area contributed by atoms with Crippen LogP contribution in [0, 0.1) is 5.92 Å². The second-order valence-electron chi connectivity index (χ2n) is 8.83. The molecule has 2 aromatic heterocycles. The number of ether oxygens (including phenoxy) is 2. The fraction of sp³-hybridized carbons (Fsp3) is 0.423. The molecule has 35 heavy (non-hydrogen) atoms. The van der Waals surface area contributed by atoms with Crippen LogP contribution in [0.2, 0.25) is 0 Å². The second-order valence-corrected chi connectivity index (χ2v) is 8.83. The Morgan fingerprint density at radius 2 is 2.11 bits per heavy atom. The van der Waals surface area contributed by atoms with Gasteiger partial charge in [-0.25, -0.2) is 9.78 Å². The van der Waals surface area contributed by atoms with E-state index in [-0.39, 0.29) is 30.2 Å². The van der Waals surface area contributed by atoms with Gasteiger partial charge in [-0.1, -0.05) is 30.3 Å². The van der Waals surface area contributed by atoms with E-state index >= 15 is 0 Å². The van der Waals surface area contributed by atoms with Crippen LogP contribution >= 0.6 is 0 Å². The van der Waals surface area contributed by atoms with Gasteiger partial charge in [-0.05, 0) is 37.8 Å². The van der Waals surface area contributed by atoms with E-state index in [4.69, 9.17) is 9.47 Å². The van der Waals surface area contributed by atoms with Crippen molar-refractivity contribution in [2.24, 2.45) is 5.92 Å². The van der Waals surface area contributed by atoms with Crippen LogP contribution in [-0.4, -0.2) is 59.5 Å². The molecule has 0 spiro atoms. The summed E-state index contributed by atoms with van der Waals surface area (Å²) < 4.78 is 12.3. The van der Waals surface area contributed by atoms with Gasteiger partial charge in [-0.15, -0.1) is 0 Å². The molecule has 1 aliphatic rings. The van der Waals surface area contributed by atoms with Crippen molar-refractivity contribution in [2.45, 2.75) is 38.8 Å². The SMILES string of the molecule is COC(=O)c1c(NC(=O)[C@H]2CCOC2)c2cc(N[C@@H](C)CO)cnc2n1CCCc1ccccc1. The molecule has 4 rings (SSSR count). The molecule has 9 heteroatoms. The third-order valence-electron chi connectivity index (χ3n) is 6.20. The molecule has 1 saturated heterocycles. The summed E-state index contributed by atoms with van der Waals surface area (Å²) >= 11 is 0. The van der Waals surface area contributed by atoms with E-state index in [1.807, 2.05) is 35.8 Å². The molecule has 0 radical (unpaired) electrons. The van der Waals surface area contributed by atoms with Crippen LogP contribution in [0.4, 0.5) is 11.4 Å². The molecule has 9 nitrogen and oxygen atoms in total. The zero-order chi connectivity index (χ0) is 24.8. The number of amides is 1. The molecule has 1 aliphatic heterocycles. The minimum atomic E-state index is -0.543. The lowest BCUT2D eigenvalue weighted by atomic mass is 10.1. The Hall–Kier alpha value is -3.43. The van der Waals surface area contributed by atoms with E-state index in [9.17, 15) is 14.7 Å². The number of nitrogens with one attached hydrogen (secondary N) is 2. The first-order valence-electron chi connectivity index (χ1n) is 11.9. The number of pyridine rings is 1. The molecule has 1 fully saturated rings. The van der Waals surface area contributed by atoms with Crippen molar-refractivity contribution in [1.29, 1.82) is 0 Å². The topological polar surface area (TPSA) is 115 Å². The maximum absolute atomic E-state index is 13.0. The number of aryl methyl sites for hydroxylation is 2. The predicted octanol–water partition coefficient (Wildman–Crippen LogP) is 3.22. The summed E-state index contributed by atoms with van der Waals surface area (Å²) in [6, 6.07) is 11.8. The highest BCUT2D eigenvalue weighted by atomic mass is 16.5. The molecular weight excluding hydrogens is 448 g/mol. The minimum absolute atomic E-state index is 0.0444. The monoisotopic (exact) mass is 480 g/mol. The van der Waals surface area contributed by atoms with Crippen molar-refractivity contribution < 1.29 is 24.2 Å². The fourth-order valence-corrected chi connectivity index (χ4v) is 4.34. The Balaban J connectivity index is 1.74. The van der Waals surface area contributed by atoms with Crippen LogP contribution in [-0.2, 0) is 27.2 Å². The largest absolute Gasteiger partial charge is 0.464 e. The lowest BCUT2D eigenvalue weighted by molar-refractivity contribution is -0.119. The maximum atomic E-state index is 13.0. The van der Waals surface area contributed by atoms with E-state index in [2.05, 4.69) is 27.8 Å². The van der Waals surface area contributed by atoms with Gasteiger partial charge in [0.05, 0.1) is 43.8 Å². The standard InChI is InChI=1S/C26H32N4O5/c1-17(15-31)28-20-13-21-22(29-25(32)19-10-12-35-16-19)23(26(33)34-2)30(24(21)27-14-20)11-6-9-18-7-4-3-5-8-18/h3-5,7-8,13-14,17,19,28,31H,6,9-12,15-16H2,1-2H3,(H,29,32)/t17-,19-/m0/s1. The molecule has 3 aromatic rings. The molecule has 2 atom stereocenters. The first-order valence-corrected chi connectivity index (χ1v) is 11.9. The van der Waals surface area contributed by atoms with Crippen molar-refractivity contribution in [3.05, 3.63) is 53.9 Å². The zero-order valence-corrected chi connectivity index (χ0v) is 20.1. The summed E-state index contributed by atoms with van der Waals surface area (Å²) in [5.74, 6) is -1.02. The normalized spacial score (nSPS) is 16.3. The molecule has 0 unspecified atom stereocenters. The molecule has 1 aromatic carbocycles. The molecule has 0 bridgehead atoms. The average Bonchev–Trinajstić information content (AvgIpc) is 3.52. The number of rotatable bonds is 10. The molecule has 0 aliphatic carbocycles. The quantitative estimate of drug-likeness (QED) is 0.382. The van der Waals surface area contributed by atoms with Gasteiger partial charge in [0.15, 0.2) is 5.69 Å². The highest BCUT2D eigenvalue weighted by molar-refractivity contribution is 6.11. The first-order chi connectivity index (χ1) is 17.0. The van der Waals surface area contributed by atoms with Crippen LogP contribution in [0.25, 0.3) is 11.0 Å². The van der Waals surface area contributed by atoms with E-state index in [0.717, 1.165) is 12.8 Å². The number of aliphatic hydroxyl groups is 1. The lowest BCUT2D eigenvalue weighted by Crippen LogP contribution is -2.24. The molecule has 1 amide bonds. The number of carbonyl (C=O) groups is 2. The number of hydrogen-bond donors (Lipinski definition) is 3.